The Labute approximate surface area is 121 Å². The third kappa shape index (κ3) is 4.03. The van der Waals surface area contributed by atoms with E-state index in [1.165, 1.54) is 12.1 Å². The van der Waals surface area contributed by atoms with Crippen molar-refractivity contribution in [2.75, 3.05) is 6.61 Å². The van der Waals surface area contributed by atoms with E-state index in [4.69, 9.17) is 13.9 Å². The van der Waals surface area contributed by atoms with Crippen LogP contribution in [0.4, 0.5) is 0 Å². The van der Waals surface area contributed by atoms with Crippen LogP contribution in [-0.4, -0.2) is 18.7 Å². The molecule has 0 radical (unpaired) electrons. The lowest BCUT2D eigenvalue weighted by Crippen LogP contribution is -2.26. The topological polar surface area (TPSA) is 65.7 Å². The molecule has 0 aliphatic carbocycles. The molecular formula is C16H16O5. The minimum Gasteiger partial charge on any atom is -0.424 e. The third-order valence-electron chi connectivity index (χ3n) is 2.83. The van der Waals surface area contributed by atoms with Crippen molar-refractivity contribution in [2.45, 2.75) is 19.4 Å². The van der Waals surface area contributed by atoms with Gasteiger partial charge in [0.05, 0.1) is 6.61 Å². The van der Waals surface area contributed by atoms with Gasteiger partial charge >= 0.3 is 11.6 Å². The summed E-state index contributed by atoms with van der Waals surface area (Å²) in [6.45, 7) is 5.60. The average Bonchev–Trinajstić information content (AvgIpc) is 2.46. The van der Waals surface area contributed by atoms with Crippen LogP contribution in [0.2, 0.25) is 0 Å². The van der Waals surface area contributed by atoms with Crippen molar-refractivity contribution in [3.63, 3.8) is 0 Å². The first-order valence-electron chi connectivity index (χ1n) is 6.58. The second kappa shape index (κ2) is 6.85. The Morgan fingerprint density at radius 1 is 1.38 bits per heavy atom. The van der Waals surface area contributed by atoms with E-state index in [0.29, 0.717) is 24.4 Å². The second-order valence-electron chi connectivity index (χ2n) is 4.47. The molecule has 5 nitrogen and oxygen atoms in total. The lowest BCUT2D eigenvalue weighted by atomic mass is 10.2. The maximum atomic E-state index is 11.8. The van der Waals surface area contributed by atoms with E-state index in [-0.39, 0.29) is 0 Å². The molecule has 1 unspecified atom stereocenters. The monoisotopic (exact) mass is 288 g/mol. The number of carbonyl (C=O) groups is 1. The zero-order valence-electron chi connectivity index (χ0n) is 11.7. The molecule has 2 rings (SSSR count). The maximum Gasteiger partial charge on any atom is 0.340 e. The van der Waals surface area contributed by atoms with Gasteiger partial charge < -0.3 is 13.9 Å². The molecule has 1 heterocycles. The number of hydrogen-bond donors (Lipinski definition) is 0. The van der Waals surface area contributed by atoms with Crippen LogP contribution in [0.3, 0.4) is 0 Å². The zero-order valence-corrected chi connectivity index (χ0v) is 11.7. The van der Waals surface area contributed by atoms with E-state index in [1.54, 1.807) is 31.2 Å². The van der Waals surface area contributed by atoms with Crippen LogP contribution in [0.5, 0.6) is 5.75 Å². The molecule has 0 aliphatic heterocycles. The molecule has 0 saturated carbocycles. The minimum absolute atomic E-state index is 0.307. The minimum atomic E-state index is -0.677. The highest BCUT2D eigenvalue weighted by Gasteiger charge is 2.16. The first-order chi connectivity index (χ1) is 10.1. The van der Waals surface area contributed by atoms with Crippen LogP contribution < -0.4 is 10.4 Å². The number of benzene rings is 1. The highest BCUT2D eigenvalue weighted by Crippen LogP contribution is 2.20. The largest absolute Gasteiger partial charge is 0.424 e. The van der Waals surface area contributed by atoms with Crippen molar-refractivity contribution in [3.05, 3.63) is 53.4 Å². The Hall–Kier alpha value is -2.40. The van der Waals surface area contributed by atoms with Crippen LogP contribution in [0.1, 0.15) is 13.3 Å². The summed E-state index contributed by atoms with van der Waals surface area (Å²) in [6.07, 6.45) is 1.70. The molecule has 0 amide bonds. The fourth-order valence-electron chi connectivity index (χ4n) is 1.70. The summed E-state index contributed by atoms with van der Waals surface area (Å²) < 4.78 is 15.5. The van der Waals surface area contributed by atoms with Crippen LogP contribution in [-0.2, 0) is 9.53 Å². The molecule has 110 valence electrons. The smallest absolute Gasteiger partial charge is 0.340 e. The number of hydrogen-bond acceptors (Lipinski definition) is 5. The quantitative estimate of drug-likeness (QED) is 0.269. The maximum absolute atomic E-state index is 11.8. The molecule has 0 N–H and O–H groups in total. The van der Waals surface area contributed by atoms with Crippen molar-refractivity contribution in [3.8, 4) is 5.75 Å². The van der Waals surface area contributed by atoms with Crippen molar-refractivity contribution in [2.24, 2.45) is 0 Å². The van der Waals surface area contributed by atoms with E-state index in [2.05, 4.69) is 6.58 Å². The fraction of sp³-hybridized carbons (Fsp3) is 0.250. The summed E-state index contributed by atoms with van der Waals surface area (Å²) in [5.74, 6) is -0.197. The predicted octanol–water partition coefficient (Wildman–Crippen LogP) is 2.68. The van der Waals surface area contributed by atoms with Gasteiger partial charge in [0.2, 0.25) is 0 Å². The van der Waals surface area contributed by atoms with Crippen molar-refractivity contribution in [1.82, 2.24) is 0 Å². The molecule has 1 aromatic carbocycles. The van der Waals surface area contributed by atoms with Crippen LogP contribution in [0.15, 0.2) is 52.2 Å². The van der Waals surface area contributed by atoms with Crippen LogP contribution >= 0.6 is 0 Å². The number of esters is 1. The zero-order chi connectivity index (χ0) is 15.2. The van der Waals surface area contributed by atoms with Gasteiger partial charge in [0.25, 0.3) is 0 Å². The second-order valence-corrected chi connectivity index (χ2v) is 4.47. The standard InChI is InChI=1S/C16H16O5/c1-3-4-9-19-11(2)16(18)20-13-7-5-12-6-8-15(17)21-14(12)10-13/h3,5-8,10-11H,1,4,9H2,2H3. The van der Waals surface area contributed by atoms with Crippen LogP contribution in [0, 0.1) is 0 Å². The summed E-state index contributed by atoms with van der Waals surface area (Å²) >= 11 is 0. The van der Waals surface area contributed by atoms with Gasteiger partial charge in [-0.1, -0.05) is 6.08 Å². The first-order valence-corrected chi connectivity index (χ1v) is 6.58. The molecule has 21 heavy (non-hydrogen) atoms. The Kier molecular flexibility index (Phi) is 4.90. The van der Waals surface area contributed by atoms with E-state index in [0.717, 1.165) is 5.39 Å². The summed E-state index contributed by atoms with van der Waals surface area (Å²) in [7, 11) is 0. The van der Waals surface area contributed by atoms with Gasteiger partial charge in [-0.3, -0.25) is 0 Å². The van der Waals surface area contributed by atoms with E-state index >= 15 is 0 Å². The lowest BCUT2D eigenvalue weighted by Gasteiger charge is -2.11. The molecule has 0 saturated heterocycles. The summed E-state index contributed by atoms with van der Waals surface area (Å²) in [5.41, 5.74) is -0.0832. The predicted molar refractivity (Wildman–Crippen MR) is 78.3 cm³/mol. The first kappa shape index (κ1) is 15.0. The number of carbonyl (C=O) groups excluding carboxylic acids is 1. The molecule has 2 aromatic rings. The normalized spacial score (nSPS) is 12.0. The highest BCUT2D eigenvalue weighted by atomic mass is 16.6. The molecule has 1 atom stereocenters. The average molecular weight is 288 g/mol. The molecule has 1 aromatic heterocycles. The van der Waals surface area contributed by atoms with Crippen molar-refractivity contribution >= 4 is 16.9 Å². The van der Waals surface area contributed by atoms with E-state index in [9.17, 15) is 9.59 Å². The van der Waals surface area contributed by atoms with Crippen LogP contribution in [0.25, 0.3) is 11.0 Å². The third-order valence-corrected chi connectivity index (χ3v) is 2.83. The van der Waals surface area contributed by atoms with Gasteiger partial charge in [0.1, 0.15) is 11.3 Å². The molecule has 0 aliphatic rings. The Morgan fingerprint density at radius 3 is 2.90 bits per heavy atom. The van der Waals surface area contributed by atoms with Crippen molar-refractivity contribution < 1.29 is 18.7 Å². The van der Waals surface area contributed by atoms with E-state index in [1.807, 2.05) is 0 Å². The van der Waals surface area contributed by atoms with Gasteiger partial charge in [-0.25, -0.2) is 9.59 Å². The van der Waals surface area contributed by atoms with Gasteiger partial charge in [-0.15, -0.1) is 6.58 Å². The molecule has 0 fully saturated rings. The van der Waals surface area contributed by atoms with Crippen molar-refractivity contribution in [1.29, 1.82) is 0 Å². The summed E-state index contributed by atoms with van der Waals surface area (Å²) in [6, 6.07) is 7.84. The number of fused-ring (bicyclic) bond motifs is 1. The number of ether oxygens (including phenoxy) is 2. The van der Waals surface area contributed by atoms with Gasteiger partial charge in [0, 0.05) is 17.5 Å². The fourth-order valence-corrected chi connectivity index (χ4v) is 1.70. The van der Waals surface area contributed by atoms with Gasteiger partial charge in [-0.05, 0) is 31.5 Å². The SMILES string of the molecule is C=CCCOC(C)C(=O)Oc1ccc2ccc(=O)oc2c1. The lowest BCUT2D eigenvalue weighted by molar-refractivity contribution is -0.146. The summed E-state index contributed by atoms with van der Waals surface area (Å²) in [5, 5.41) is 0.754. The molecule has 5 heteroatoms. The Morgan fingerprint density at radius 2 is 2.14 bits per heavy atom. The van der Waals surface area contributed by atoms with Gasteiger partial charge in [0.15, 0.2) is 6.10 Å². The Balaban J connectivity index is 2.06. The number of rotatable bonds is 6. The highest BCUT2D eigenvalue weighted by molar-refractivity contribution is 5.81. The molecule has 0 bridgehead atoms. The van der Waals surface area contributed by atoms with E-state index < -0.39 is 17.7 Å². The summed E-state index contributed by atoms with van der Waals surface area (Å²) in [4.78, 5) is 23.0. The molecule has 0 spiro atoms. The van der Waals surface area contributed by atoms with Gasteiger partial charge in [-0.2, -0.15) is 0 Å². The Bertz CT molecular complexity index is 701. The molecular weight excluding hydrogens is 272 g/mol.